The topological polar surface area (TPSA) is 0 Å². The minimum absolute atomic E-state index is 0.931. The maximum atomic E-state index is 2.29. The van der Waals surface area contributed by atoms with Gasteiger partial charge in [-0.25, -0.2) is 0 Å². The SMILES string of the molecule is CCC[Si]C(C)C. The average Bonchev–Trinajstić information content (AvgIpc) is 1.61. The van der Waals surface area contributed by atoms with Gasteiger partial charge in [-0.2, -0.15) is 0 Å². The van der Waals surface area contributed by atoms with E-state index in [1.807, 2.05) is 0 Å². The van der Waals surface area contributed by atoms with E-state index in [-0.39, 0.29) is 0 Å². The summed E-state index contributed by atoms with van der Waals surface area (Å²) >= 11 is 0. The van der Waals surface area contributed by atoms with Gasteiger partial charge < -0.3 is 0 Å². The van der Waals surface area contributed by atoms with Crippen molar-refractivity contribution in [2.75, 3.05) is 0 Å². The van der Waals surface area contributed by atoms with E-state index >= 15 is 0 Å². The summed E-state index contributed by atoms with van der Waals surface area (Å²) in [6.45, 7) is 6.82. The van der Waals surface area contributed by atoms with Gasteiger partial charge in [0.25, 0.3) is 0 Å². The summed E-state index contributed by atoms with van der Waals surface area (Å²) in [5.41, 5.74) is 0.931. The van der Waals surface area contributed by atoms with Crippen molar-refractivity contribution in [3.63, 3.8) is 0 Å². The van der Waals surface area contributed by atoms with Gasteiger partial charge in [-0.3, -0.25) is 0 Å². The molecule has 0 fully saturated rings. The minimum atomic E-state index is 0.931. The van der Waals surface area contributed by atoms with Crippen LogP contribution in [0.5, 0.6) is 0 Å². The van der Waals surface area contributed by atoms with Crippen LogP contribution in [-0.4, -0.2) is 9.52 Å². The van der Waals surface area contributed by atoms with Crippen LogP contribution in [0.2, 0.25) is 11.6 Å². The second-order valence-electron chi connectivity index (χ2n) is 2.11. The monoisotopic (exact) mass is 114 g/mol. The molecule has 0 aliphatic heterocycles. The lowest BCUT2D eigenvalue weighted by atomic mass is 10.6. The third kappa shape index (κ3) is 6.22. The number of hydrogen-bond donors (Lipinski definition) is 0. The average molecular weight is 114 g/mol. The Hall–Kier alpha value is 0.217. The van der Waals surface area contributed by atoms with Crippen LogP contribution in [0.3, 0.4) is 0 Å². The van der Waals surface area contributed by atoms with E-state index in [1.165, 1.54) is 22.0 Å². The van der Waals surface area contributed by atoms with Crippen LogP contribution in [-0.2, 0) is 0 Å². The van der Waals surface area contributed by atoms with Crippen LogP contribution in [0.1, 0.15) is 27.2 Å². The molecule has 0 aliphatic carbocycles. The smallest absolute Gasteiger partial charge is 0.0407 e. The first kappa shape index (κ1) is 7.22. The molecule has 1 heteroatoms. The lowest BCUT2D eigenvalue weighted by Crippen LogP contribution is -1.91. The highest BCUT2D eigenvalue weighted by Crippen LogP contribution is 2.00. The third-order valence-corrected chi connectivity index (χ3v) is 2.41. The molecule has 0 aromatic rings. The Balaban J connectivity index is 2.68. The molecule has 0 aromatic carbocycles. The number of rotatable bonds is 3. The summed E-state index contributed by atoms with van der Waals surface area (Å²) in [5, 5.41) is 0. The third-order valence-electron chi connectivity index (χ3n) is 0.803. The van der Waals surface area contributed by atoms with Crippen LogP contribution >= 0.6 is 0 Å². The predicted octanol–water partition coefficient (Wildman–Crippen LogP) is 2.35. The van der Waals surface area contributed by atoms with Crippen LogP contribution < -0.4 is 0 Å². The molecule has 0 bridgehead atoms. The van der Waals surface area contributed by atoms with Crippen molar-refractivity contribution in [1.29, 1.82) is 0 Å². The van der Waals surface area contributed by atoms with Gasteiger partial charge >= 0.3 is 0 Å². The van der Waals surface area contributed by atoms with Gasteiger partial charge in [-0.05, 0) is 0 Å². The van der Waals surface area contributed by atoms with E-state index in [4.69, 9.17) is 0 Å². The largest absolute Gasteiger partial charge is 0.0657 e. The first-order valence-corrected chi connectivity index (χ1v) is 4.29. The summed E-state index contributed by atoms with van der Waals surface area (Å²) < 4.78 is 0. The Morgan fingerprint density at radius 3 is 2.14 bits per heavy atom. The maximum Gasteiger partial charge on any atom is 0.0407 e. The van der Waals surface area contributed by atoms with Crippen molar-refractivity contribution in [1.82, 2.24) is 0 Å². The second kappa shape index (κ2) is 4.38. The summed E-state index contributed by atoms with van der Waals surface area (Å²) in [7, 11) is 1.19. The highest BCUT2D eigenvalue weighted by molar-refractivity contribution is 6.37. The van der Waals surface area contributed by atoms with Gasteiger partial charge in [0.2, 0.25) is 0 Å². The molecule has 7 heavy (non-hydrogen) atoms. The lowest BCUT2D eigenvalue weighted by molar-refractivity contribution is 1.00. The van der Waals surface area contributed by atoms with E-state index in [9.17, 15) is 0 Å². The van der Waals surface area contributed by atoms with E-state index < -0.39 is 0 Å². The maximum absolute atomic E-state index is 2.29. The second-order valence-corrected chi connectivity index (χ2v) is 4.17. The van der Waals surface area contributed by atoms with E-state index in [1.54, 1.807) is 0 Å². The van der Waals surface area contributed by atoms with Crippen molar-refractivity contribution < 1.29 is 0 Å². The van der Waals surface area contributed by atoms with Gasteiger partial charge in [-0.15, -0.1) is 0 Å². The van der Waals surface area contributed by atoms with Gasteiger partial charge in [0.05, 0.1) is 0 Å². The van der Waals surface area contributed by atoms with Gasteiger partial charge in [-0.1, -0.05) is 38.8 Å². The first-order chi connectivity index (χ1) is 3.27. The van der Waals surface area contributed by atoms with E-state index in [0.29, 0.717) is 0 Å². The van der Waals surface area contributed by atoms with Crippen LogP contribution in [0.4, 0.5) is 0 Å². The lowest BCUT2D eigenvalue weighted by Gasteiger charge is -1.97. The molecule has 0 spiro atoms. The molecule has 0 rings (SSSR count). The Bertz CT molecular complexity index is 33.2. The molecule has 42 valence electrons. The predicted molar refractivity (Wildman–Crippen MR) is 35.9 cm³/mol. The summed E-state index contributed by atoms with van der Waals surface area (Å²) in [6.07, 6.45) is 1.36. The van der Waals surface area contributed by atoms with Gasteiger partial charge in [0, 0.05) is 9.52 Å². The Morgan fingerprint density at radius 1 is 1.43 bits per heavy atom. The molecule has 0 atom stereocenters. The van der Waals surface area contributed by atoms with Crippen molar-refractivity contribution in [2.24, 2.45) is 0 Å². The molecule has 0 aromatic heterocycles. The zero-order chi connectivity index (χ0) is 5.70. The van der Waals surface area contributed by atoms with E-state index in [0.717, 1.165) is 5.54 Å². The van der Waals surface area contributed by atoms with Crippen LogP contribution in [0, 0.1) is 0 Å². The van der Waals surface area contributed by atoms with Crippen molar-refractivity contribution >= 4 is 9.52 Å². The highest BCUT2D eigenvalue weighted by Gasteiger charge is 1.90. The van der Waals surface area contributed by atoms with Crippen LogP contribution in [0.15, 0.2) is 0 Å². The minimum Gasteiger partial charge on any atom is -0.0657 e. The molecule has 2 radical (unpaired) electrons. The molecule has 0 amide bonds. The van der Waals surface area contributed by atoms with Crippen molar-refractivity contribution in [3.05, 3.63) is 0 Å². The van der Waals surface area contributed by atoms with Gasteiger partial charge in [0.1, 0.15) is 0 Å². The molecule has 0 aliphatic rings. The fraction of sp³-hybridized carbons (Fsp3) is 1.00. The quantitative estimate of drug-likeness (QED) is 0.494. The van der Waals surface area contributed by atoms with Gasteiger partial charge in [0.15, 0.2) is 0 Å². The fourth-order valence-electron chi connectivity index (χ4n) is 0.433. The molecular formula is C6H14Si. The number of hydrogen-bond acceptors (Lipinski definition) is 0. The van der Waals surface area contributed by atoms with Crippen molar-refractivity contribution in [3.8, 4) is 0 Å². The van der Waals surface area contributed by atoms with E-state index in [2.05, 4.69) is 20.8 Å². The molecule has 0 nitrogen and oxygen atoms in total. The molecular weight excluding hydrogens is 100 g/mol. The molecule has 0 heterocycles. The normalized spacial score (nSPS) is 10.3. The Morgan fingerprint density at radius 2 is 2.00 bits per heavy atom. The summed E-state index contributed by atoms with van der Waals surface area (Å²) in [4.78, 5) is 0. The summed E-state index contributed by atoms with van der Waals surface area (Å²) in [6, 6.07) is 1.43. The Labute approximate surface area is 49.1 Å². The standard InChI is InChI=1S/C6H14Si/c1-4-5-7-6(2)3/h6H,4-5H2,1-3H3. The summed E-state index contributed by atoms with van der Waals surface area (Å²) in [5.74, 6) is 0. The molecule has 0 saturated carbocycles. The zero-order valence-electron chi connectivity index (χ0n) is 5.49. The first-order valence-electron chi connectivity index (χ1n) is 3.00. The highest BCUT2D eigenvalue weighted by atomic mass is 28.2. The fourth-order valence-corrected chi connectivity index (χ4v) is 1.30. The molecule has 0 N–H and O–H groups in total. The Kier molecular flexibility index (Phi) is 4.51. The molecule has 0 unspecified atom stereocenters. The van der Waals surface area contributed by atoms with Crippen LogP contribution in [0.25, 0.3) is 0 Å². The van der Waals surface area contributed by atoms with Crippen molar-refractivity contribution in [2.45, 2.75) is 38.8 Å². The molecule has 0 saturated heterocycles. The zero-order valence-corrected chi connectivity index (χ0v) is 6.49.